The third-order valence-electron chi connectivity index (χ3n) is 4.22. The Morgan fingerprint density at radius 2 is 1.81 bits per heavy atom. The molecule has 1 aliphatic rings. The number of hydrogen-bond acceptors (Lipinski definition) is 4. The molecule has 0 radical (unpaired) electrons. The minimum Gasteiger partial charge on any atom is -0.370 e. The average molecular weight is 290 g/mol. The van der Waals surface area contributed by atoms with E-state index in [1.807, 2.05) is 0 Å². The Balaban J connectivity index is 2.40. The smallest absolute Gasteiger partial charge is 0.138 e. The van der Waals surface area contributed by atoms with Gasteiger partial charge >= 0.3 is 0 Å². The predicted molar refractivity (Wildman–Crippen MR) is 90.2 cm³/mol. The van der Waals surface area contributed by atoms with Crippen LogP contribution in [-0.2, 0) is 5.41 Å². The van der Waals surface area contributed by atoms with Crippen molar-refractivity contribution in [1.82, 2.24) is 9.97 Å². The Morgan fingerprint density at radius 3 is 2.33 bits per heavy atom. The van der Waals surface area contributed by atoms with Crippen LogP contribution in [0.25, 0.3) is 0 Å². The molecule has 2 heterocycles. The predicted octanol–water partition coefficient (Wildman–Crippen LogP) is 3.75. The number of anilines is 2. The largest absolute Gasteiger partial charge is 0.370 e. The van der Waals surface area contributed by atoms with Gasteiger partial charge < -0.3 is 10.2 Å². The number of nitrogens with zero attached hydrogens (tertiary/aromatic N) is 3. The Hall–Kier alpha value is -1.32. The normalized spacial score (nSPS) is 17.1. The summed E-state index contributed by atoms with van der Waals surface area (Å²) in [6.45, 7) is 16.2. The van der Waals surface area contributed by atoms with Crippen LogP contribution >= 0.6 is 0 Å². The second kappa shape index (κ2) is 6.20. The summed E-state index contributed by atoms with van der Waals surface area (Å²) in [6.07, 6.45) is 2.51. The van der Waals surface area contributed by atoms with Crippen molar-refractivity contribution in [1.29, 1.82) is 0 Å². The summed E-state index contributed by atoms with van der Waals surface area (Å²) in [4.78, 5) is 12.1. The van der Waals surface area contributed by atoms with E-state index in [4.69, 9.17) is 9.97 Å². The van der Waals surface area contributed by atoms with Crippen LogP contribution in [0.15, 0.2) is 0 Å². The number of piperidine rings is 1. The first kappa shape index (κ1) is 16.1. The molecule has 0 atom stereocenters. The molecule has 4 heteroatoms. The highest BCUT2D eigenvalue weighted by Crippen LogP contribution is 2.30. The average Bonchev–Trinajstić information content (AvgIpc) is 2.41. The van der Waals surface area contributed by atoms with Crippen molar-refractivity contribution >= 4 is 11.6 Å². The lowest BCUT2D eigenvalue weighted by Gasteiger charge is -2.33. The molecule has 0 amide bonds. The quantitative estimate of drug-likeness (QED) is 0.920. The van der Waals surface area contributed by atoms with Crippen molar-refractivity contribution < 1.29 is 0 Å². The van der Waals surface area contributed by atoms with Gasteiger partial charge in [0, 0.05) is 30.6 Å². The molecular weight excluding hydrogens is 260 g/mol. The molecule has 0 aromatic carbocycles. The second-order valence-electron chi connectivity index (χ2n) is 7.29. The van der Waals surface area contributed by atoms with Crippen molar-refractivity contribution in [2.24, 2.45) is 5.92 Å². The topological polar surface area (TPSA) is 41.1 Å². The van der Waals surface area contributed by atoms with E-state index in [9.17, 15) is 0 Å². The standard InChI is InChI=1S/C17H30N4/c1-7-18-14-13(3)15(20-16(19-14)17(4,5)6)21-10-8-12(2)9-11-21/h12H,7-11H2,1-6H3,(H,18,19,20). The van der Waals surface area contributed by atoms with Crippen molar-refractivity contribution in [3.05, 3.63) is 11.4 Å². The Bertz CT molecular complexity index is 482. The molecule has 0 bridgehead atoms. The first-order valence-corrected chi connectivity index (χ1v) is 8.20. The molecule has 1 aliphatic heterocycles. The zero-order valence-corrected chi connectivity index (χ0v) is 14.5. The van der Waals surface area contributed by atoms with E-state index in [1.165, 1.54) is 18.4 Å². The number of aromatic nitrogens is 2. The van der Waals surface area contributed by atoms with Crippen LogP contribution in [0.4, 0.5) is 11.6 Å². The molecule has 0 spiro atoms. The maximum atomic E-state index is 4.91. The number of rotatable bonds is 3. The van der Waals surface area contributed by atoms with Gasteiger partial charge in [-0.2, -0.15) is 0 Å². The molecule has 1 aromatic heterocycles. The van der Waals surface area contributed by atoms with Gasteiger partial charge in [-0.3, -0.25) is 0 Å². The zero-order chi connectivity index (χ0) is 15.6. The van der Waals surface area contributed by atoms with E-state index in [-0.39, 0.29) is 5.41 Å². The van der Waals surface area contributed by atoms with Crippen LogP contribution in [0.5, 0.6) is 0 Å². The maximum Gasteiger partial charge on any atom is 0.138 e. The lowest BCUT2D eigenvalue weighted by Crippen LogP contribution is -2.35. The van der Waals surface area contributed by atoms with Gasteiger partial charge in [-0.25, -0.2) is 9.97 Å². The Labute approximate surface area is 129 Å². The summed E-state index contributed by atoms with van der Waals surface area (Å²) in [5, 5.41) is 3.40. The fourth-order valence-corrected chi connectivity index (χ4v) is 2.71. The molecule has 1 N–H and O–H groups in total. The van der Waals surface area contributed by atoms with Crippen LogP contribution in [-0.4, -0.2) is 29.6 Å². The highest BCUT2D eigenvalue weighted by Gasteiger charge is 2.25. The minimum absolute atomic E-state index is 0.0320. The molecular formula is C17H30N4. The van der Waals surface area contributed by atoms with Gasteiger partial charge in [-0.05, 0) is 32.6 Å². The molecule has 4 nitrogen and oxygen atoms in total. The summed E-state index contributed by atoms with van der Waals surface area (Å²) in [5.41, 5.74) is 1.15. The highest BCUT2D eigenvalue weighted by atomic mass is 15.2. The van der Waals surface area contributed by atoms with Gasteiger partial charge in [0.15, 0.2) is 0 Å². The lowest BCUT2D eigenvalue weighted by atomic mass is 9.95. The molecule has 1 fully saturated rings. The van der Waals surface area contributed by atoms with Crippen molar-refractivity contribution in [2.45, 2.75) is 59.8 Å². The zero-order valence-electron chi connectivity index (χ0n) is 14.5. The molecule has 118 valence electrons. The SMILES string of the molecule is CCNc1nc(C(C)(C)C)nc(N2CCC(C)CC2)c1C. The van der Waals surface area contributed by atoms with E-state index >= 15 is 0 Å². The van der Waals surface area contributed by atoms with Crippen LogP contribution in [0.2, 0.25) is 0 Å². The summed E-state index contributed by atoms with van der Waals surface area (Å²) in [5.74, 6) is 3.88. The van der Waals surface area contributed by atoms with Gasteiger partial charge in [0.25, 0.3) is 0 Å². The number of nitrogens with one attached hydrogen (secondary N) is 1. The van der Waals surface area contributed by atoms with E-state index in [1.54, 1.807) is 0 Å². The van der Waals surface area contributed by atoms with Crippen molar-refractivity contribution in [2.75, 3.05) is 29.9 Å². The first-order valence-electron chi connectivity index (χ1n) is 8.20. The van der Waals surface area contributed by atoms with E-state index in [0.29, 0.717) is 0 Å². The van der Waals surface area contributed by atoms with Crippen LogP contribution in [0.1, 0.15) is 58.8 Å². The molecule has 0 saturated carbocycles. The third-order valence-corrected chi connectivity index (χ3v) is 4.22. The second-order valence-corrected chi connectivity index (χ2v) is 7.29. The van der Waals surface area contributed by atoms with Crippen molar-refractivity contribution in [3.63, 3.8) is 0 Å². The lowest BCUT2D eigenvalue weighted by molar-refractivity contribution is 0.434. The van der Waals surface area contributed by atoms with E-state index in [2.05, 4.69) is 51.8 Å². The Kier molecular flexibility index (Phi) is 4.74. The van der Waals surface area contributed by atoms with Gasteiger partial charge in [0.1, 0.15) is 17.5 Å². The molecule has 1 saturated heterocycles. The summed E-state index contributed by atoms with van der Waals surface area (Å²) in [7, 11) is 0. The molecule has 0 aliphatic carbocycles. The van der Waals surface area contributed by atoms with E-state index in [0.717, 1.165) is 43.0 Å². The van der Waals surface area contributed by atoms with Gasteiger partial charge in [0.05, 0.1) is 0 Å². The molecule has 21 heavy (non-hydrogen) atoms. The summed E-state index contributed by atoms with van der Waals surface area (Å²) < 4.78 is 0. The monoisotopic (exact) mass is 290 g/mol. The van der Waals surface area contributed by atoms with Crippen LogP contribution < -0.4 is 10.2 Å². The molecule has 2 rings (SSSR count). The highest BCUT2D eigenvalue weighted by molar-refractivity contribution is 5.59. The fraction of sp³-hybridized carbons (Fsp3) is 0.765. The summed E-state index contributed by atoms with van der Waals surface area (Å²) >= 11 is 0. The maximum absolute atomic E-state index is 4.91. The third kappa shape index (κ3) is 3.66. The van der Waals surface area contributed by atoms with Gasteiger partial charge in [-0.15, -0.1) is 0 Å². The molecule has 0 unspecified atom stereocenters. The van der Waals surface area contributed by atoms with Crippen LogP contribution in [0, 0.1) is 12.8 Å². The fourth-order valence-electron chi connectivity index (χ4n) is 2.71. The van der Waals surface area contributed by atoms with Gasteiger partial charge in [0.2, 0.25) is 0 Å². The van der Waals surface area contributed by atoms with Gasteiger partial charge in [-0.1, -0.05) is 27.7 Å². The Morgan fingerprint density at radius 1 is 1.19 bits per heavy atom. The molecule has 1 aromatic rings. The first-order chi connectivity index (χ1) is 9.82. The minimum atomic E-state index is -0.0320. The number of hydrogen-bond donors (Lipinski definition) is 1. The van der Waals surface area contributed by atoms with Crippen molar-refractivity contribution in [3.8, 4) is 0 Å². The van der Waals surface area contributed by atoms with E-state index < -0.39 is 0 Å². The summed E-state index contributed by atoms with van der Waals surface area (Å²) in [6, 6.07) is 0. The van der Waals surface area contributed by atoms with Crippen LogP contribution in [0.3, 0.4) is 0 Å².